The third kappa shape index (κ3) is 5.30. The van der Waals surface area contributed by atoms with Crippen molar-refractivity contribution in [2.24, 2.45) is 0 Å². The fraction of sp³-hybridized carbons (Fsp3) is 0.0455. The average Bonchev–Trinajstić information content (AvgIpc) is 2.78. The number of non-ortho nitro benzene ring substituents is 1. The van der Waals surface area contributed by atoms with Gasteiger partial charge in [-0.3, -0.25) is 35.3 Å². The van der Waals surface area contributed by atoms with Gasteiger partial charge in [0.2, 0.25) is 0 Å². The third-order valence-electron chi connectivity index (χ3n) is 4.42. The number of nitro benzene ring substituents is 1. The van der Waals surface area contributed by atoms with E-state index in [2.05, 4.69) is 16.2 Å². The molecule has 0 aliphatic carbocycles. The van der Waals surface area contributed by atoms with E-state index in [1.54, 1.807) is 24.3 Å². The molecule has 0 aliphatic heterocycles. The Hall–Kier alpha value is -4.53. The maximum absolute atomic E-state index is 12.3. The largest absolute Gasteiger partial charge is 0.322 e. The van der Waals surface area contributed by atoms with Crippen molar-refractivity contribution >= 4 is 29.1 Å². The van der Waals surface area contributed by atoms with Crippen LogP contribution in [0.2, 0.25) is 0 Å². The normalized spacial score (nSPS) is 10.1. The Balaban J connectivity index is 1.56. The summed E-state index contributed by atoms with van der Waals surface area (Å²) >= 11 is 0. The molecule has 0 atom stereocenters. The number of rotatable bonds is 5. The van der Waals surface area contributed by atoms with Crippen LogP contribution < -0.4 is 16.2 Å². The van der Waals surface area contributed by atoms with Crippen LogP contribution in [-0.2, 0) is 0 Å². The van der Waals surface area contributed by atoms with Crippen LogP contribution in [-0.4, -0.2) is 22.6 Å². The molecule has 0 aromatic heterocycles. The molecule has 0 bridgehead atoms. The van der Waals surface area contributed by atoms with Gasteiger partial charge < -0.3 is 5.32 Å². The molecule has 9 heteroatoms. The second-order valence-corrected chi connectivity index (χ2v) is 6.56. The van der Waals surface area contributed by atoms with Gasteiger partial charge in [-0.2, -0.15) is 0 Å². The van der Waals surface area contributed by atoms with Crippen LogP contribution in [0.15, 0.2) is 72.8 Å². The molecule has 0 saturated heterocycles. The van der Waals surface area contributed by atoms with E-state index in [-0.39, 0.29) is 22.7 Å². The van der Waals surface area contributed by atoms with Gasteiger partial charge in [0.1, 0.15) is 0 Å². The van der Waals surface area contributed by atoms with Gasteiger partial charge >= 0.3 is 0 Å². The van der Waals surface area contributed by atoms with E-state index < -0.39 is 16.7 Å². The molecule has 3 rings (SSSR count). The minimum Gasteiger partial charge on any atom is -0.322 e. The number of carbonyl (C=O) groups is 3. The van der Waals surface area contributed by atoms with Crippen LogP contribution in [0.4, 0.5) is 11.4 Å². The standard InChI is InChI=1S/C22H18N4O5/c1-14-4-2-3-5-19(14)22(29)23-17-10-6-15(7-11-17)20(27)24-25-21(28)16-8-12-18(13-9-16)26(30)31/h2-13H,1H3,(H,23,29)(H,24,27)(H,25,28). The topological polar surface area (TPSA) is 130 Å². The average molecular weight is 418 g/mol. The van der Waals surface area contributed by atoms with Gasteiger partial charge in [0, 0.05) is 34.5 Å². The first kappa shape index (κ1) is 21.2. The summed E-state index contributed by atoms with van der Waals surface area (Å²) in [5.41, 5.74) is 6.70. The van der Waals surface area contributed by atoms with Gasteiger partial charge in [0.05, 0.1) is 4.92 Å². The lowest BCUT2D eigenvalue weighted by Crippen LogP contribution is -2.41. The van der Waals surface area contributed by atoms with Gasteiger partial charge in [0.25, 0.3) is 23.4 Å². The number of anilines is 1. The third-order valence-corrected chi connectivity index (χ3v) is 4.42. The number of hydrogen-bond acceptors (Lipinski definition) is 5. The van der Waals surface area contributed by atoms with Crippen molar-refractivity contribution in [2.75, 3.05) is 5.32 Å². The lowest BCUT2D eigenvalue weighted by molar-refractivity contribution is -0.384. The maximum atomic E-state index is 12.3. The summed E-state index contributed by atoms with van der Waals surface area (Å²) in [6, 6.07) is 18.3. The van der Waals surface area contributed by atoms with Crippen LogP contribution >= 0.6 is 0 Å². The van der Waals surface area contributed by atoms with Gasteiger partial charge in [-0.15, -0.1) is 0 Å². The summed E-state index contributed by atoms with van der Waals surface area (Å²) in [6.45, 7) is 1.84. The molecular formula is C22H18N4O5. The Morgan fingerprint density at radius 3 is 1.77 bits per heavy atom. The van der Waals surface area contributed by atoms with Crippen molar-refractivity contribution in [3.05, 3.63) is 105 Å². The molecule has 0 spiro atoms. The Labute approximate surface area is 177 Å². The highest BCUT2D eigenvalue weighted by Gasteiger charge is 2.12. The second kappa shape index (κ2) is 9.31. The second-order valence-electron chi connectivity index (χ2n) is 6.56. The first-order chi connectivity index (χ1) is 14.8. The SMILES string of the molecule is Cc1ccccc1C(=O)Nc1ccc(C(=O)NNC(=O)c2ccc([N+](=O)[O-])cc2)cc1. The molecule has 3 aromatic carbocycles. The fourth-order valence-corrected chi connectivity index (χ4v) is 2.72. The number of amides is 3. The smallest absolute Gasteiger partial charge is 0.269 e. The zero-order chi connectivity index (χ0) is 22.4. The van der Waals surface area contributed by atoms with E-state index in [1.165, 1.54) is 36.4 Å². The molecule has 0 radical (unpaired) electrons. The van der Waals surface area contributed by atoms with Crippen LogP contribution in [0.5, 0.6) is 0 Å². The summed E-state index contributed by atoms with van der Waals surface area (Å²) in [6.07, 6.45) is 0. The summed E-state index contributed by atoms with van der Waals surface area (Å²) in [5, 5.41) is 13.4. The van der Waals surface area contributed by atoms with Crippen molar-refractivity contribution in [3.8, 4) is 0 Å². The highest BCUT2D eigenvalue weighted by molar-refractivity contribution is 6.05. The monoisotopic (exact) mass is 418 g/mol. The quantitative estimate of drug-likeness (QED) is 0.433. The number of nitrogens with one attached hydrogen (secondary N) is 3. The van der Waals surface area contributed by atoms with Gasteiger partial charge in [-0.25, -0.2) is 0 Å². The minimum atomic E-state index is -0.620. The lowest BCUT2D eigenvalue weighted by Gasteiger charge is -2.09. The highest BCUT2D eigenvalue weighted by atomic mass is 16.6. The first-order valence-corrected chi connectivity index (χ1v) is 9.17. The molecule has 3 amide bonds. The van der Waals surface area contributed by atoms with Crippen molar-refractivity contribution in [3.63, 3.8) is 0 Å². The Morgan fingerprint density at radius 1 is 0.742 bits per heavy atom. The number of aryl methyl sites for hydroxylation is 1. The van der Waals surface area contributed by atoms with E-state index in [4.69, 9.17) is 0 Å². The molecule has 31 heavy (non-hydrogen) atoms. The summed E-state index contributed by atoms with van der Waals surface area (Å²) in [4.78, 5) is 46.7. The molecule has 0 heterocycles. The van der Waals surface area contributed by atoms with Crippen LogP contribution in [0.1, 0.15) is 36.6 Å². The van der Waals surface area contributed by atoms with Crippen LogP contribution in [0.3, 0.4) is 0 Å². The van der Waals surface area contributed by atoms with Crippen molar-refractivity contribution in [2.45, 2.75) is 6.92 Å². The number of nitrogens with zero attached hydrogens (tertiary/aromatic N) is 1. The fourth-order valence-electron chi connectivity index (χ4n) is 2.72. The predicted octanol–water partition coefficient (Wildman–Crippen LogP) is 3.23. The molecule has 0 saturated carbocycles. The van der Waals surface area contributed by atoms with Crippen LogP contribution in [0, 0.1) is 17.0 Å². The molecule has 3 aromatic rings. The number of hydrazine groups is 1. The molecule has 9 nitrogen and oxygen atoms in total. The van der Waals surface area contributed by atoms with Crippen molar-refractivity contribution in [1.29, 1.82) is 0 Å². The highest BCUT2D eigenvalue weighted by Crippen LogP contribution is 2.14. The van der Waals surface area contributed by atoms with E-state index >= 15 is 0 Å². The van der Waals surface area contributed by atoms with E-state index in [1.807, 2.05) is 19.1 Å². The Bertz CT molecular complexity index is 1140. The Kier molecular flexibility index (Phi) is 6.36. The number of nitro groups is 1. The summed E-state index contributed by atoms with van der Waals surface area (Å²) in [5.74, 6) is -1.44. The van der Waals surface area contributed by atoms with Crippen molar-refractivity contribution in [1.82, 2.24) is 10.9 Å². The van der Waals surface area contributed by atoms with Crippen molar-refractivity contribution < 1.29 is 19.3 Å². The summed E-state index contributed by atoms with van der Waals surface area (Å²) in [7, 11) is 0. The van der Waals surface area contributed by atoms with Gasteiger partial charge in [0.15, 0.2) is 0 Å². The molecule has 0 unspecified atom stereocenters. The van der Waals surface area contributed by atoms with Crippen LogP contribution in [0.25, 0.3) is 0 Å². The zero-order valence-corrected chi connectivity index (χ0v) is 16.4. The first-order valence-electron chi connectivity index (χ1n) is 9.17. The van der Waals surface area contributed by atoms with E-state index in [0.29, 0.717) is 11.3 Å². The zero-order valence-electron chi connectivity index (χ0n) is 16.4. The minimum absolute atomic E-state index is 0.143. The Morgan fingerprint density at radius 2 is 1.26 bits per heavy atom. The molecule has 156 valence electrons. The van der Waals surface area contributed by atoms with Gasteiger partial charge in [-0.05, 0) is 55.0 Å². The molecule has 3 N–H and O–H groups in total. The number of benzene rings is 3. The number of hydrogen-bond donors (Lipinski definition) is 3. The molecular weight excluding hydrogens is 400 g/mol. The van der Waals surface area contributed by atoms with E-state index in [9.17, 15) is 24.5 Å². The molecule has 0 fully saturated rings. The number of carbonyl (C=O) groups excluding carboxylic acids is 3. The molecule has 0 aliphatic rings. The summed E-state index contributed by atoms with van der Waals surface area (Å²) < 4.78 is 0. The maximum Gasteiger partial charge on any atom is 0.269 e. The lowest BCUT2D eigenvalue weighted by atomic mass is 10.1. The van der Waals surface area contributed by atoms with Gasteiger partial charge in [-0.1, -0.05) is 18.2 Å². The van der Waals surface area contributed by atoms with E-state index in [0.717, 1.165) is 5.56 Å². The predicted molar refractivity (Wildman–Crippen MR) is 114 cm³/mol.